The number of carbonyl (C=O) groups is 1. The Bertz CT molecular complexity index is 444. The SMILES string of the molecule is CC(C)(CON)CC(C)(C)NC(=O)OCc1ccccc1. The first-order chi connectivity index (χ1) is 9.74. The standard InChI is InChI=1S/C16H26N2O3/c1-15(2,12-21-17)11-16(3,4)18-14(19)20-10-13-8-6-5-7-9-13/h5-9H,10-12,17H2,1-4H3,(H,18,19). The molecule has 3 N–H and O–H groups in total. The summed E-state index contributed by atoms with van der Waals surface area (Å²) in [6.07, 6.45) is 0.297. The van der Waals surface area contributed by atoms with E-state index in [1.807, 2.05) is 58.0 Å². The molecule has 0 aliphatic carbocycles. The Morgan fingerprint density at radius 2 is 1.81 bits per heavy atom. The van der Waals surface area contributed by atoms with Crippen molar-refractivity contribution in [1.82, 2.24) is 5.32 Å². The Morgan fingerprint density at radius 1 is 1.19 bits per heavy atom. The van der Waals surface area contributed by atoms with Crippen molar-refractivity contribution in [3.05, 3.63) is 35.9 Å². The lowest BCUT2D eigenvalue weighted by molar-refractivity contribution is 0.0425. The van der Waals surface area contributed by atoms with Crippen LogP contribution in [0.1, 0.15) is 39.7 Å². The van der Waals surface area contributed by atoms with Gasteiger partial charge in [-0.15, -0.1) is 0 Å². The lowest BCUT2D eigenvalue weighted by Gasteiger charge is -2.34. The highest BCUT2D eigenvalue weighted by atomic mass is 16.6. The average Bonchev–Trinajstić information content (AvgIpc) is 2.35. The number of benzene rings is 1. The molecule has 1 rings (SSSR count). The Balaban J connectivity index is 2.45. The van der Waals surface area contributed by atoms with Crippen molar-refractivity contribution in [2.45, 2.75) is 46.3 Å². The molecule has 0 fully saturated rings. The van der Waals surface area contributed by atoms with Gasteiger partial charge in [0.1, 0.15) is 6.61 Å². The summed E-state index contributed by atoms with van der Waals surface area (Å²) >= 11 is 0. The number of ether oxygens (including phenoxy) is 1. The van der Waals surface area contributed by atoms with Gasteiger partial charge in [0.25, 0.3) is 0 Å². The maximum Gasteiger partial charge on any atom is 0.407 e. The van der Waals surface area contributed by atoms with Gasteiger partial charge in [0.2, 0.25) is 0 Å². The van der Waals surface area contributed by atoms with Gasteiger partial charge < -0.3 is 14.9 Å². The molecule has 0 aromatic heterocycles. The molecule has 118 valence electrons. The third kappa shape index (κ3) is 7.11. The van der Waals surface area contributed by atoms with Crippen LogP contribution < -0.4 is 11.2 Å². The van der Waals surface area contributed by atoms with Crippen molar-refractivity contribution < 1.29 is 14.4 Å². The summed E-state index contributed by atoms with van der Waals surface area (Å²) in [6.45, 7) is 8.68. The van der Waals surface area contributed by atoms with E-state index in [9.17, 15) is 4.79 Å². The van der Waals surface area contributed by atoms with Crippen LogP contribution in [0.15, 0.2) is 30.3 Å². The molecular weight excluding hydrogens is 268 g/mol. The van der Waals surface area contributed by atoms with Crippen LogP contribution in [0.5, 0.6) is 0 Å². The number of rotatable bonds is 7. The summed E-state index contributed by atoms with van der Waals surface area (Å²) in [4.78, 5) is 16.6. The van der Waals surface area contributed by atoms with E-state index in [0.717, 1.165) is 12.0 Å². The van der Waals surface area contributed by atoms with Crippen molar-refractivity contribution in [2.24, 2.45) is 11.3 Å². The van der Waals surface area contributed by atoms with Gasteiger partial charge in [-0.2, -0.15) is 0 Å². The molecule has 0 atom stereocenters. The maximum absolute atomic E-state index is 11.9. The van der Waals surface area contributed by atoms with Crippen LogP contribution in [-0.2, 0) is 16.2 Å². The van der Waals surface area contributed by atoms with Crippen LogP contribution in [0.2, 0.25) is 0 Å². The topological polar surface area (TPSA) is 73.6 Å². The molecule has 21 heavy (non-hydrogen) atoms. The van der Waals surface area contributed by atoms with E-state index in [1.54, 1.807) is 0 Å². The van der Waals surface area contributed by atoms with Crippen molar-refractivity contribution in [3.8, 4) is 0 Å². The van der Waals surface area contributed by atoms with E-state index in [-0.39, 0.29) is 12.0 Å². The first-order valence-corrected chi connectivity index (χ1v) is 7.05. The van der Waals surface area contributed by atoms with Gasteiger partial charge in [0.15, 0.2) is 0 Å². The van der Waals surface area contributed by atoms with Crippen molar-refractivity contribution >= 4 is 6.09 Å². The smallest absolute Gasteiger partial charge is 0.407 e. The monoisotopic (exact) mass is 294 g/mol. The number of amides is 1. The molecule has 1 aromatic rings. The Morgan fingerprint density at radius 3 is 2.38 bits per heavy atom. The summed E-state index contributed by atoms with van der Waals surface area (Å²) in [5.41, 5.74) is 0.420. The molecule has 0 saturated carbocycles. The number of nitrogens with two attached hydrogens (primary N) is 1. The molecule has 0 aliphatic heterocycles. The van der Waals surface area contributed by atoms with Gasteiger partial charge in [-0.3, -0.25) is 0 Å². The number of carbonyl (C=O) groups excluding carboxylic acids is 1. The highest BCUT2D eigenvalue weighted by Crippen LogP contribution is 2.27. The van der Waals surface area contributed by atoms with Gasteiger partial charge in [0.05, 0.1) is 6.61 Å². The van der Waals surface area contributed by atoms with E-state index in [2.05, 4.69) is 5.32 Å². The van der Waals surface area contributed by atoms with E-state index in [1.165, 1.54) is 0 Å². The molecular formula is C16H26N2O3. The van der Waals surface area contributed by atoms with Gasteiger partial charge in [0, 0.05) is 5.54 Å². The first-order valence-electron chi connectivity index (χ1n) is 7.05. The largest absolute Gasteiger partial charge is 0.445 e. The van der Waals surface area contributed by atoms with Crippen LogP contribution >= 0.6 is 0 Å². The summed E-state index contributed by atoms with van der Waals surface area (Å²) in [5, 5.41) is 2.88. The minimum absolute atomic E-state index is 0.134. The fourth-order valence-corrected chi connectivity index (χ4v) is 2.55. The van der Waals surface area contributed by atoms with E-state index >= 15 is 0 Å². The van der Waals surface area contributed by atoms with Crippen LogP contribution in [0.3, 0.4) is 0 Å². The Hall–Kier alpha value is -1.59. The maximum atomic E-state index is 11.9. The van der Waals surface area contributed by atoms with Crippen molar-refractivity contribution in [2.75, 3.05) is 6.61 Å². The normalized spacial score (nSPS) is 12.0. The fourth-order valence-electron chi connectivity index (χ4n) is 2.55. The van der Waals surface area contributed by atoms with Crippen LogP contribution in [0, 0.1) is 5.41 Å². The summed E-state index contributed by atoms with van der Waals surface area (Å²) in [5.74, 6) is 5.13. The van der Waals surface area contributed by atoms with Crippen LogP contribution in [-0.4, -0.2) is 18.2 Å². The van der Waals surface area contributed by atoms with Crippen molar-refractivity contribution in [3.63, 3.8) is 0 Å². The molecule has 0 unspecified atom stereocenters. The van der Waals surface area contributed by atoms with E-state index < -0.39 is 11.6 Å². The fraction of sp³-hybridized carbons (Fsp3) is 0.562. The lowest BCUT2D eigenvalue weighted by atomic mass is 9.81. The van der Waals surface area contributed by atoms with E-state index in [4.69, 9.17) is 15.5 Å². The molecule has 0 radical (unpaired) electrons. The third-order valence-electron chi connectivity index (χ3n) is 3.05. The number of nitrogens with one attached hydrogen (secondary N) is 1. The second kappa shape index (κ2) is 7.43. The Kier molecular flexibility index (Phi) is 6.18. The quantitative estimate of drug-likeness (QED) is 0.758. The van der Waals surface area contributed by atoms with Crippen molar-refractivity contribution in [1.29, 1.82) is 0 Å². The van der Waals surface area contributed by atoms with Gasteiger partial charge in [-0.05, 0) is 31.2 Å². The van der Waals surface area contributed by atoms with Gasteiger partial charge in [-0.1, -0.05) is 44.2 Å². The third-order valence-corrected chi connectivity index (χ3v) is 3.05. The Labute approximate surface area is 126 Å². The minimum Gasteiger partial charge on any atom is -0.445 e. The molecule has 1 amide bonds. The summed E-state index contributed by atoms with van der Waals surface area (Å²) < 4.78 is 5.23. The van der Waals surface area contributed by atoms with Gasteiger partial charge >= 0.3 is 6.09 Å². The predicted molar refractivity (Wildman–Crippen MR) is 82.4 cm³/mol. The zero-order chi connectivity index (χ0) is 15.9. The zero-order valence-electron chi connectivity index (χ0n) is 13.3. The summed E-state index contributed by atoms with van der Waals surface area (Å²) in [7, 11) is 0. The second-order valence-electron chi connectivity index (χ2n) is 6.72. The predicted octanol–water partition coefficient (Wildman–Crippen LogP) is 3.00. The lowest BCUT2D eigenvalue weighted by Crippen LogP contribution is -2.47. The molecule has 0 saturated heterocycles. The minimum atomic E-state index is -0.423. The number of hydrogen-bond acceptors (Lipinski definition) is 4. The van der Waals surface area contributed by atoms with E-state index in [0.29, 0.717) is 6.61 Å². The summed E-state index contributed by atoms with van der Waals surface area (Å²) in [6, 6.07) is 9.58. The molecule has 5 heteroatoms. The second-order valence-corrected chi connectivity index (χ2v) is 6.72. The highest BCUT2D eigenvalue weighted by molar-refractivity contribution is 5.68. The zero-order valence-corrected chi connectivity index (χ0v) is 13.3. The molecule has 0 aliphatic rings. The molecule has 0 heterocycles. The molecule has 1 aromatic carbocycles. The van der Waals surface area contributed by atoms with Crippen LogP contribution in [0.25, 0.3) is 0 Å². The molecule has 0 spiro atoms. The first kappa shape index (κ1) is 17.5. The average molecular weight is 294 g/mol. The number of alkyl carbamates (subject to hydrolysis) is 1. The van der Waals surface area contributed by atoms with Gasteiger partial charge in [-0.25, -0.2) is 10.7 Å². The highest BCUT2D eigenvalue weighted by Gasteiger charge is 2.30. The molecule has 5 nitrogen and oxygen atoms in total. The molecule has 0 bridgehead atoms. The number of hydrogen-bond donors (Lipinski definition) is 2. The van der Waals surface area contributed by atoms with Crippen LogP contribution in [0.4, 0.5) is 4.79 Å².